The number of nitrogens with one attached hydrogen (secondary N) is 2. The quantitative estimate of drug-likeness (QED) is 0.811. The lowest BCUT2D eigenvalue weighted by Crippen LogP contribution is -2.27. The molecule has 0 radical (unpaired) electrons. The molecule has 0 aliphatic heterocycles. The van der Waals surface area contributed by atoms with Gasteiger partial charge in [-0.25, -0.2) is 4.98 Å². The third-order valence-corrected chi connectivity index (χ3v) is 3.05. The molecule has 19 heavy (non-hydrogen) atoms. The summed E-state index contributed by atoms with van der Waals surface area (Å²) < 4.78 is 0. The van der Waals surface area contributed by atoms with E-state index in [4.69, 9.17) is 0 Å². The van der Waals surface area contributed by atoms with E-state index in [0.717, 1.165) is 0 Å². The van der Waals surface area contributed by atoms with E-state index in [9.17, 15) is 9.59 Å². The summed E-state index contributed by atoms with van der Waals surface area (Å²) in [5, 5.41) is 7.70. The minimum Gasteiger partial charge on any atom is -0.352 e. The number of nitrogens with zero attached hydrogens (tertiary/aromatic N) is 1. The summed E-state index contributed by atoms with van der Waals surface area (Å²) in [6.07, 6.45) is 1.82. The molecule has 0 saturated heterocycles. The number of amides is 2. The average Bonchev–Trinajstić information content (AvgIpc) is 2.72. The number of hydrogen-bond acceptors (Lipinski definition) is 4. The Balaban J connectivity index is 2.55. The van der Waals surface area contributed by atoms with Crippen molar-refractivity contribution in [2.75, 3.05) is 11.9 Å². The van der Waals surface area contributed by atoms with Gasteiger partial charge in [0.2, 0.25) is 11.8 Å². The molecule has 2 amide bonds. The van der Waals surface area contributed by atoms with Gasteiger partial charge in [0.15, 0.2) is 5.13 Å². The standard InChI is InChI=1S/C13H19N3O2S/c1-5-6-14-10(17)7-9-8-19-12(15-9)16-11(18)13(2,3)4/h5,8H,1,6-7H2,2-4H3,(H,14,17)(H,15,16,18). The fraction of sp³-hybridized carbons (Fsp3) is 0.462. The lowest BCUT2D eigenvalue weighted by molar-refractivity contribution is -0.123. The van der Waals surface area contributed by atoms with Crippen LogP contribution in [0.25, 0.3) is 0 Å². The van der Waals surface area contributed by atoms with Crippen LogP contribution in [0.3, 0.4) is 0 Å². The van der Waals surface area contributed by atoms with Crippen molar-refractivity contribution >= 4 is 28.3 Å². The average molecular weight is 281 g/mol. The molecule has 0 aliphatic rings. The van der Waals surface area contributed by atoms with Gasteiger partial charge in [0.05, 0.1) is 12.1 Å². The van der Waals surface area contributed by atoms with Crippen LogP contribution in [0.5, 0.6) is 0 Å². The lowest BCUT2D eigenvalue weighted by Gasteiger charge is -2.15. The van der Waals surface area contributed by atoms with Gasteiger partial charge >= 0.3 is 0 Å². The smallest absolute Gasteiger partial charge is 0.231 e. The SMILES string of the molecule is C=CCNC(=O)Cc1csc(NC(=O)C(C)(C)C)n1. The molecule has 1 aromatic rings. The van der Waals surface area contributed by atoms with Gasteiger partial charge in [0.25, 0.3) is 0 Å². The Bertz CT molecular complexity index is 474. The van der Waals surface area contributed by atoms with Crippen LogP contribution in [0.2, 0.25) is 0 Å². The Kier molecular flexibility index (Phi) is 5.23. The van der Waals surface area contributed by atoms with Gasteiger partial charge in [-0.1, -0.05) is 26.8 Å². The fourth-order valence-corrected chi connectivity index (χ4v) is 1.85. The summed E-state index contributed by atoms with van der Waals surface area (Å²) in [6.45, 7) is 9.46. The molecule has 5 nitrogen and oxygen atoms in total. The molecule has 0 fully saturated rings. The molecule has 0 aromatic carbocycles. The van der Waals surface area contributed by atoms with Crippen molar-refractivity contribution in [3.8, 4) is 0 Å². The first-order chi connectivity index (χ1) is 8.82. The van der Waals surface area contributed by atoms with Gasteiger partial charge in [-0.2, -0.15) is 0 Å². The van der Waals surface area contributed by atoms with Crippen molar-refractivity contribution in [3.05, 3.63) is 23.7 Å². The first-order valence-electron chi connectivity index (χ1n) is 5.96. The summed E-state index contributed by atoms with van der Waals surface area (Å²) >= 11 is 1.32. The Hall–Kier alpha value is -1.69. The topological polar surface area (TPSA) is 71.1 Å². The molecule has 2 N–H and O–H groups in total. The highest BCUT2D eigenvalue weighted by Crippen LogP contribution is 2.20. The fourth-order valence-electron chi connectivity index (χ4n) is 1.14. The maximum atomic E-state index is 11.8. The van der Waals surface area contributed by atoms with E-state index in [-0.39, 0.29) is 18.2 Å². The van der Waals surface area contributed by atoms with Crippen molar-refractivity contribution in [2.45, 2.75) is 27.2 Å². The number of hydrogen-bond donors (Lipinski definition) is 2. The number of thiazole rings is 1. The summed E-state index contributed by atoms with van der Waals surface area (Å²) in [7, 11) is 0. The van der Waals surface area contributed by atoms with E-state index in [1.165, 1.54) is 11.3 Å². The molecule has 6 heteroatoms. The van der Waals surface area contributed by atoms with Crippen LogP contribution in [-0.4, -0.2) is 23.3 Å². The molecular formula is C13H19N3O2S. The van der Waals surface area contributed by atoms with E-state index in [2.05, 4.69) is 22.2 Å². The monoisotopic (exact) mass is 281 g/mol. The molecule has 0 unspecified atom stereocenters. The second-order valence-corrected chi connectivity index (χ2v) is 5.98. The summed E-state index contributed by atoms with van der Waals surface area (Å²) in [4.78, 5) is 27.5. The second kappa shape index (κ2) is 6.47. The maximum Gasteiger partial charge on any atom is 0.231 e. The number of carbonyl (C=O) groups excluding carboxylic acids is 2. The van der Waals surface area contributed by atoms with Gasteiger partial charge in [-0.05, 0) is 0 Å². The van der Waals surface area contributed by atoms with Crippen LogP contribution < -0.4 is 10.6 Å². The van der Waals surface area contributed by atoms with Gasteiger partial charge in [0, 0.05) is 17.3 Å². The number of aromatic nitrogens is 1. The van der Waals surface area contributed by atoms with Crippen LogP contribution >= 0.6 is 11.3 Å². The van der Waals surface area contributed by atoms with Gasteiger partial charge in [-0.3, -0.25) is 9.59 Å². The van der Waals surface area contributed by atoms with Crippen LogP contribution in [0, 0.1) is 5.41 Å². The number of rotatable bonds is 5. The maximum absolute atomic E-state index is 11.8. The van der Waals surface area contributed by atoms with E-state index >= 15 is 0 Å². The van der Waals surface area contributed by atoms with E-state index in [1.807, 2.05) is 20.8 Å². The summed E-state index contributed by atoms with van der Waals surface area (Å²) in [5.41, 5.74) is 0.184. The van der Waals surface area contributed by atoms with Crippen molar-refractivity contribution in [1.82, 2.24) is 10.3 Å². The summed E-state index contributed by atoms with van der Waals surface area (Å²) in [6, 6.07) is 0. The second-order valence-electron chi connectivity index (χ2n) is 5.12. The largest absolute Gasteiger partial charge is 0.352 e. The van der Waals surface area contributed by atoms with Gasteiger partial charge < -0.3 is 10.6 Å². The van der Waals surface area contributed by atoms with E-state index in [0.29, 0.717) is 17.4 Å². The molecule has 0 spiro atoms. The predicted octanol–water partition coefficient (Wildman–Crippen LogP) is 1.97. The van der Waals surface area contributed by atoms with E-state index in [1.54, 1.807) is 11.5 Å². The first kappa shape index (κ1) is 15.4. The zero-order valence-electron chi connectivity index (χ0n) is 11.4. The Morgan fingerprint density at radius 1 is 1.47 bits per heavy atom. The van der Waals surface area contributed by atoms with Crippen molar-refractivity contribution < 1.29 is 9.59 Å². The van der Waals surface area contributed by atoms with Crippen molar-refractivity contribution in [1.29, 1.82) is 0 Å². The Morgan fingerprint density at radius 3 is 2.74 bits per heavy atom. The van der Waals surface area contributed by atoms with Crippen LogP contribution in [0.4, 0.5) is 5.13 Å². The lowest BCUT2D eigenvalue weighted by atomic mass is 9.96. The molecule has 1 rings (SSSR count). The Morgan fingerprint density at radius 2 is 2.16 bits per heavy atom. The highest BCUT2D eigenvalue weighted by atomic mass is 32.1. The van der Waals surface area contributed by atoms with Crippen molar-refractivity contribution in [3.63, 3.8) is 0 Å². The molecule has 0 aliphatic carbocycles. The summed E-state index contributed by atoms with van der Waals surface area (Å²) in [5.74, 6) is -0.205. The van der Waals surface area contributed by atoms with Crippen LogP contribution in [-0.2, 0) is 16.0 Å². The Labute approximate surface area is 117 Å². The van der Waals surface area contributed by atoms with Gasteiger partial charge in [-0.15, -0.1) is 17.9 Å². The normalized spacial score (nSPS) is 10.9. The number of anilines is 1. The first-order valence-corrected chi connectivity index (χ1v) is 6.84. The van der Waals surface area contributed by atoms with Crippen molar-refractivity contribution in [2.24, 2.45) is 5.41 Å². The minimum absolute atomic E-state index is 0.0930. The van der Waals surface area contributed by atoms with Crippen LogP contribution in [0.1, 0.15) is 26.5 Å². The highest BCUT2D eigenvalue weighted by molar-refractivity contribution is 7.13. The van der Waals surface area contributed by atoms with E-state index < -0.39 is 5.41 Å². The third-order valence-electron chi connectivity index (χ3n) is 2.24. The zero-order valence-corrected chi connectivity index (χ0v) is 12.3. The molecular weight excluding hydrogens is 262 g/mol. The molecule has 1 heterocycles. The minimum atomic E-state index is -0.465. The predicted molar refractivity (Wildman–Crippen MR) is 77.1 cm³/mol. The zero-order chi connectivity index (χ0) is 14.5. The molecule has 1 aromatic heterocycles. The molecule has 104 valence electrons. The van der Waals surface area contributed by atoms with Gasteiger partial charge in [0.1, 0.15) is 0 Å². The molecule has 0 bridgehead atoms. The van der Waals surface area contributed by atoms with Crippen LogP contribution in [0.15, 0.2) is 18.0 Å². The molecule has 0 saturated carbocycles. The third kappa shape index (κ3) is 5.21. The highest BCUT2D eigenvalue weighted by Gasteiger charge is 2.22. The molecule has 0 atom stereocenters. The number of carbonyl (C=O) groups is 2.